The van der Waals surface area contributed by atoms with Gasteiger partial charge in [0.25, 0.3) is 0 Å². The summed E-state index contributed by atoms with van der Waals surface area (Å²) in [5.41, 5.74) is 5.64. The fourth-order valence-electron chi connectivity index (χ4n) is 5.94. The van der Waals surface area contributed by atoms with Crippen LogP contribution in [0.25, 0.3) is 11.1 Å². The number of alkyl carbamates (subject to hydrolysis) is 2. The van der Waals surface area contributed by atoms with E-state index in [0.717, 1.165) is 52.9 Å². The van der Waals surface area contributed by atoms with Gasteiger partial charge in [0, 0.05) is 37.2 Å². The van der Waals surface area contributed by atoms with E-state index in [4.69, 9.17) is 9.47 Å². The number of carboxylic acids is 1. The molecule has 226 valence electrons. The van der Waals surface area contributed by atoms with Crippen molar-refractivity contribution in [3.8, 4) is 11.1 Å². The number of nitrogens with one attached hydrogen (secondary N) is 2. The first kappa shape index (κ1) is 29.9. The van der Waals surface area contributed by atoms with E-state index in [-0.39, 0.29) is 25.0 Å². The average Bonchev–Trinajstić information content (AvgIpc) is 3.57. The minimum Gasteiger partial charge on any atom is -0.480 e. The molecule has 3 aromatic rings. The Kier molecular flexibility index (Phi) is 8.89. The van der Waals surface area contributed by atoms with Gasteiger partial charge in [-0.25, -0.2) is 14.4 Å². The third-order valence-electron chi connectivity index (χ3n) is 7.90. The number of rotatable bonds is 9. The number of carbonyl (C=O) groups excluding carboxylic acids is 2. The van der Waals surface area contributed by atoms with Crippen LogP contribution in [-0.2, 0) is 20.7 Å². The van der Waals surface area contributed by atoms with Crippen LogP contribution in [0.2, 0.25) is 0 Å². The number of hydrogen-bond acceptors (Lipinski definition) is 6. The van der Waals surface area contributed by atoms with Crippen LogP contribution in [0.4, 0.5) is 15.3 Å². The van der Waals surface area contributed by atoms with Crippen LogP contribution in [-0.4, -0.2) is 60.6 Å². The first-order chi connectivity index (χ1) is 20.6. The van der Waals surface area contributed by atoms with Crippen molar-refractivity contribution in [3.05, 3.63) is 89.5 Å². The van der Waals surface area contributed by atoms with E-state index in [1.54, 1.807) is 0 Å². The molecule has 2 atom stereocenters. The minimum absolute atomic E-state index is 0.109. The SMILES string of the molecule is CC(C)(C)OC(=O)NC[C@@H]1CCCN1c1ccc(C[C@H](NC(=O)OCC2c3ccccc3-c3ccccc32)C(=O)O)cc1. The van der Waals surface area contributed by atoms with Gasteiger partial charge in [-0.15, -0.1) is 0 Å². The first-order valence-corrected chi connectivity index (χ1v) is 14.8. The third kappa shape index (κ3) is 7.28. The second-order valence-corrected chi connectivity index (χ2v) is 12.1. The van der Waals surface area contributed by atoms with E-state index in [9.17, 15) is 19.5 Å². The lowest BCUT2D eigenvalue weighted by Crippen LogP contribution is -2.43. The molecule has 0 unspecified atom stereocenters. The van der Waals surface area contributed by atoms with E-state index in [1.807, 2.05) is 81.4 Å². The molecule has 3 aromatic carbocycles. The molecule has 0 radical (unpaired) electrons. The van der Waals surface area contributed by atoms with Gasteiger partial charge in [0.15, 0.2) is 0 Å². The summed E-state index contributed by atoms with van der Waals surface area (Å²) in [6.45, 7) is 6.94. The zero-order chi connectivity index (χ0) is 30.6. The number of carbonyl (C=O) groups is 3. The Morgan fingerprint density at radius 1 is 0.930 bits per heavy atom. The summed E-state index contributed by atoms with van der Waals surface area (Å²) in [5.74, 6) is -1.24. The molecule has 1 fully saturated rings. The summed E-state index contributed by atoms with van der Waals surface area (Å²) in [4.78, 5) is 39.1. The molecule has 1 heterocycles. The van der Waals surface area contributed by atoms with Crippen molar-refractivity contribution in [3.63, 3.8) is 0 Å². The number of ether oxygens (including phenoxy) is 2. The summed E-state index contributed by atoms with van der Waals surface area (Å²) in [6.07, 6.45) is 0.876. The molecule has 2 aliphatic rings. The Morgan fingerprint density at radius 3 is 2.16 bits per heavy atom. The van der Waals surface area contributed by atoms with Crippen molar-refractivity contribution in [2.45, 2.75) is 63.6 Å². The van der Waals surface area contributed by atoms with Crippen molar-refractivity contribution in [1.82, 2.24) is 10.6 Å². The van der Waals surface area contributed by atoms with E-state index in [0.29, 0.717) is 6.54 Å². The fraction of sp³-hybridized carbons (Fsp3) is 0.382. The topological polar surface area (TPSA) is 117 Å². The molecule has 1 aliphatic carbocycles. The van der Waals surface area contributed by atoms with Crippen molar-refractivity contribution >= 4 is 23.8 Å². The number of hydrogen-bond donors (Lipinski definition) is 3. The number of anilines is 1. The molecule has 1 aliphatic heterocycles. The van der Waals surface area contributed by atoms with Crippen LogP contribution in [0, 0.1) is 0 Å². The number of fused-ring (bicyclic) bond motifs is 3. The number of carboxylic acid groups (broad SMARTS) is 1. The van der Waals surface area contributed by atoms with Gasteiger partial charge in [0.1, 0.15) is 18.2 Å². The van der Waals surface area contributed by atoms with Crippen molar-refractivity contribution < 1.29 is 29.0 Å². The highest BCUT2D eigenvalue weighted by Crippen LogP contribution is 2.44. The Hall–Kier alpha value is -4.53. The van der Waals surface area contributed by atoms with Gasteiger partial charge >= 0.3 is 18.2 Å². The maximum absolute atomic E-state index is 12.7. The number of benzene rings is 3. The molecule has 9 nitrogen and oxygen atoms in total. The number of aliphatic carboxylic acids is 1. The molecule has 5 rings (SSSR count). The zero-order valence-corrected chi connectivity index (χ0v) is 24.8. The Bertz CT molecular complexity index is 1420. The quantitative estimate of drug-likeness (QED) is 0.294. The Balaban J connectivity index is 1.15. The van der Waals surface area contributed by atoms with Crippen LogP contribution >= 0.6 is 0 Å². The maximum atomic E-state index is 12.7. The highest BCUT2D eigenvalue weighted by Gasteiger charge is 2.30. The second-order valence-electron chi connectivity index (χ2n) is 12.1. The molecule has 0 aromatic heterocycles. The van der Waals surface area contributed by atoms with Gasteiger partial charge in [-0.05, 0) is 73.6 Å². The molecular formula is C34H39N3O6. The molecule has 0 bridgehead atoms. The van der Waals surface area contributed by atoms with E-state index < -0.39 is 29.8 Å². The van der Waals surface area contributed by atoms with Crippen LogP contribution in [0.5, 0.6) is 0 Å². The van der Waals surface area contributed by atoms with Gasteiger partial charge in [-0.3, -0.25) is 0 Å². The lowest BCUT2D eigenvalue weighted by atomic mass is 9.98. The van der Waals surface area contributed by atoms with Crippen LogP contribution in [0.3, 0.4) is 0 Å². The molecule has 3 N–H and O–H groups in total. The van der Waals surface area contributed by atoms with Gasteiger partial charge in [-0.2, -0.15) is 0 Å². The second kappa shape index (κ2) is 12.8. The predicted molar refractivity (Wildman–Crippen MR) is 164 cm³/mol. The highest BCUT2D eigenvalue weighted by atomic mass is 16.6. The van der Waals surface area contributed by atoms with Gasteiger partial charge in [-0.1, -0.05) is 60.7 Å². The predicted octanol–water partition coefficient (Wildman–Crippen LogP) is 5.71. The Morgan fingerprint density at radius 2 is 1.56 bits per heavy atom. The molecule has 43 heavy (non-hydrogen) atoms. The maximum Gasteiger partial charge on any atom is 0.407 e. The first-order valence-electron chi connectivity index (χ1n) is 14.8. The van der Waals surface area contributed by atoms with Crippen molar-refractivity contribution in [2.24, 2.45) is 0 Å². The molecule has 2 amide bonds. The van der Waals surface area contributed by atoms with Crippen LogP contribution in [0.15, 0.2) is 72.8 Å². The molecule has 9 heteroatoms. The highest BCUT2D eigenvalue weighted by molar-refractivity contribution is 5.81. The summed E-state index contributed by atoms with van der Waals surface area (Å²) in [5, 5.41) is 15.2. The van der Waals surface area contributed by atoms with Crippen LogP contribution < -0.4 is 15.5 Å². The molecule has 0 saturated carbocycles. The van der Waals surface area contributed by atoms with Gasteiger partial charge in [0.05, 0.1) is 0 Å². The molecule has 0 spiro atoms. The van der Waals surface area contributed by atoms with E-state index >= 15 is 0 Å². The molecule has 1 saturated heterocycles. The largest absolute Gasteiger partial charge is 0.480 e. The minimum atomic E-state index is -1.14. The lowest BCUT2D eigenvalue weighted by Gasteiger charge is -2.28. The smallest absolute Gasteiger partial charge is 0.407 e. The van der Waals surface area contributed by atoms with Crippen molar-refractivity contribution in [1.29, 1.82) is 0 Å². The normalized spacial score (nSPS) is 16.6. The lowest BCUT2D eigenvalue weighted by molar-refractivity contribution is -0.139. The summed E-state index contributed by atoms with van der Waals surface area (Å²) in [7, 11) is 0. The molecular weight excluding hydrogens is 546 g/mol. The van der Waals surface area contributed by atoms with E-state index in [2.05, 4.69) is 27.7 Å². The fourth-order valence-corrected chi connectivity index (χ4v) is 5.94. The number of nitrogens with zero attached hydrogens (tertiary/aromatic N) is 1. The third-order valence-corrected chi connectivity index (χ3v) is 7.90. The average molecular weight is 586 g/mol. The Labute approximate surface area is 252 Å². The summed E-state index contributed by atoms with van der Waals surface area (Å²) >= 11 is 0. The van der Waals surface area contributed by atoms with Gasteiger partial charge in [0.2, 0.25) is 0 Å². The summed E-state index contributed by atoms with van der Waals surface area (Å²) < 4.78 is 10.9. The summed E-state index contributed by atoms with van der Waals surface area (Å²) in [6, 6.07) is 22.8. The number of amides is 2. The van der Waals surface area contributed by atoms with Crippen LogP contribution in [0.1, 0.15) is 56.2 Å². The van der Waals surface area contributed by atoms with E-state index in [1.165, 1.54) is 0 Å². The monoisotopic (exact) mass is 585 g/mol. The van der Waals surface area contributed by atoms with Crippen molar-refractivity contribution in [2.75, 3.05) is 24.6 Å². The van der Waals surface area contributed by atoms with Gasteiger partial charge < -0.3 is 30.1 Å². The standard InChI is InChI=1S/C34H39N3O6/c1-34(2,3)43-32(40)35-20-24-9-8-18-37(24)23-16-14-22(15-17-23)19-30(31(38)39)36-33(41)42-21-29-27-12-6-4-10-25(27)26-11-5-7-13-28(26)29/h4-7,10-17,24,29-30H,8-9,18-21H2,1-3H3,(H,35,40)(H,36,41)(H,38,39)/t24-,30-/m0/s1. The zero-order valence-electron chi connectivity index (χ0n) is 24.8.